The Morgan fingerprint density at radius 2 is 1.66 bits per heavy atom. The number of rotatable bonds is 3. The van der Waals surface area contributed by atoms with Gasteiger partial charge in [-0.3, -0.25) is 0 Å². The van der Waals surface area contributed by atoms with Gasteiger partial charge in [0.05, 0.1) is 6.26 Å². The van der Waals surface area contributed by atoms with E-state index in [-0.39, 0.29) is 11.4 Å². The zero-order chi connectivity index (χ0) is 20.0. The van der Waals surface area contributed by atoms with E-state index in [1.807, 2.05) is 43.3 Å². The predicted molar refractivity (Wildman–Crippen MR) is 112 cm³/mol. The Morgan fingerprint density at radius 3 is 2.41 bits per heavy atom. The average molecular weight is 384 g/mol. The van der Waals surface area contributed by atoms with Gasteiger partial charge in [0.15, 0.2) is 0 Å². The summed E-state index contributed by atoms with van der Waals surface area (Å²) in [5.74, 6) is -0.282. The van der Waals surface area contributed by atoms with Gasteiger partial charge >= 0.3 is 5.63 Å². The second-order valence-electron chi connectivity index (χ2n) is 7.16. The fourth-order valence-electron chi connectivity index (χ4n) is 3.77. The molecule has 0 N–H and O–H groups in total. The number of hydrogen-bond donors (Lipinski definition) is 0. The molecule has 29 heavy (non-hydrogen) atoms. The minimum atomic E-state index is -0.330. The molecule has 2 heterocycles. The van der Waals surface area contributed by atoms with E-state index >= 15 is 0 Å². The van der Waals surface area contributed by atoms with Gasteiger partial charge in [0.1, 0.15) is 17.0 Å². The summed E-state index contributed by atoms with van der Waals surface area (Å²) in [5.41, 5.74) is 5.12. The maximum absolute atomic E-state index is 13.3. The van der Waals surface area contributed by atoms with E-state index in [4.69, 9.17) is 8.83 Å². The van der Waals surface area contributed by atoms with Crippen molar-refractivity contribution < 1.29 is 13.2 Å². The molecule has 2 aromatic heterocycles. The van der Waals surface area contributed by atoms with Crippen LogP contribution in [0.1, 0.15) is 16.7 Å². The molecular weight excluding hydrogens is 367 g/mol. The van der Waals surface area contributed by atoms with Crippen LogP contribution in [0.4, 0.5) is 4.39 Å². The molecule has 0 spiro atoms. The molecule has 4 heteroatoms. The topological polar surface area (TPSA) is 43.4 Å². The Morgan fingerprint density at radius 1 is 0.897 bits per heavy atom. The normalized spacial score (nSPS) is 11.4. The minimum absolute atomic E-state index is 0.282. The molecular formula is C25H17FO3. The van der Waals surface area contributed by atoms with Crippen molar-refractivity contribution >= 4 is 21.9 Å². The van der Waals surface area contributed by atoms with E-state index < -0.39 is 0 Å². The SMILES string of the molecule is Cc1c(Cc2ccccc2)c(=O)oc2cc3occ(-c4ccc(F)cc4)c3cc12. The van der Waals surface area contributed by atoms with Gasteiger partial charge in [0.25, 0.3) is 0 Å². The second-order valence-corrected chi connectivity index (χ2v) is 7.16. The molecule has 0 atom stereocenters. The zero-order valence-corrected chi connectivity index (χ0v) is 15.7. The first-order valence-electron chi connectivity index (χ1n) is 9.37. The van der Waals surface area contributed by atoms with Gasteiger partial charge < -0.3 is 8.83 Å². The van der Waals surface area contributed by atoms with Crippen molar-refractivity contribution in [2.24, 2.45) is 0 Å². The van der Waals surface area contributed by atoms with Crippen LogP contribution in [0.2, 0.25) is 0 Å². The van der Waals surface area contributed by atoms with Crippen molar-refractivity contribution in [1.82, 2.24) is 0 Å². The summed E-state index contributed by atoms with van der Waals surface area (Å²) < 4.78 is 24.6. The highest BCUT2D eigenvalue weighted by molar-refractivity contribution is 6.02. The molecule has 0 aliphatic carbocycles. The van der Waals surface area contributed by atoms with Gasteiger partial charge in [-0.15, -0.1) is 0 Å². The largest absolute Gasteiger partial charge is 0.464 e. The summed E-state index contributed by atoms with van der Waals surface area (Å²) in [4.78, 5) is 12.6. The number of halogens is 1. The fourth-order valence-corrected chi connectivity index (χ4v) is 3.77. The molecule has 0 aliphatic heterocycles. The molecule has 3 aromatic carbocycles. The van der Waals surface area contributed by atoms with Crippen molar-refractivity contribution in [2.75, 3.05) is 0 Å². The van der Waals surface area contributed by atoms with E-state index in [1.165, 1.54) is 12.1 Å². The molecule has 0 saturated carbocycles. The number of benzene rings is 3. The lowest BCUT2D eigenvalue weighted by molar-refractivity contribution is 0.549. The van der Waals surface area contributed by atoms with Gasteiger partial charge in [-0.1, -0.05) is 42.5 Å². The van der Waals surface area contributed by atoms with Crippen LogP contribution < -0.4 is 5.63 Å². The van der Waals surface area contributed by atoms with Crippen molar-refractivity contribution in [3.8, 4) is 11.1 Å². The van der Waals surface area contributed by atoms with Crippen molar-refractivity contribution in [3.05, 3.63) is 106 Å². The monoisotopic (exact) mass is 384 g/mol. The van der Waals surface area contributed by atoms with Crippen LogP contribution in [0.5, 0.6) is 0 Å². The first-order valence-corrected chi connectivity index (χ1v) is 9.37. The van der Waals surface area contributed by atoms with Crippen LogP contribution in [-0.2, 0) is 6.42 Å². The zero-order valence-electron chi connectivity index (χ0n) is 15.7. The molecule has 0 fully saturated rings. The molecule has 5 rings (SSSR count). The van der Waals surface area contributed by atoms with E-state index in [2.05, 4.69) is 0 Å². The maximum Gasteiger partial charge on any atom is 0.340 e. The van der Waals surface area contributed by atoms with Gasteiger partial charge in [0, 0.05) is 34.4 Å². The summed E-state index contributed by atoms with van der Waals surface area (Å²) in [5, 5.41) is 1.76. The lowest BCUT2D eigenvalue weighted by atomic mass is 9.97. The summed E-state index contributed by atoms with van der Waals surface area (Å²) in [6.07, 6.45) is 2.16. The van der Waals surface area contributed by atoms with Gasteiger partial charge in [-0.25, -0.2) is 9.18 Å². The Labute approximate surface area is 166 Å². The third-order valence-electron chi connectivity index (χ3n) is 5.36. The first kappa shape index (κ1) is 17.4. The van der Waals surface area contributed by atoms with Crippen LogP contribution in [0.3, 0.4) is 0 Å². The third-order valence-corrected chi connectivity index (χ3v) is 5.36. The summed E-state index contributed by atoms with van der Waals surface area (Å²) in [6.45, 7) is 1.95. The summed E-state index contributed by atoms with van der Waals surface area (Å²) in [7, 11) is 0. The Hall–Kier alpha value is -3.66. The van der Waals surface area contributed by atoms with Crippen LogP contribution in [0, 0.1) is 12.7 Å². The van der Waals surface area contributed by atoms with E-state index in [0.717, 1.165) is 33.0 Å². The Balaban J connectivity index is 1.70. The van der Waals surface area contributed by atoms with Crippen LogP contribution in [0.25, 0.3) is 33.1 Å². The molecule has 0 bridgehead atoms. The summed E-state index contributed by atoms with van der Waals surface area (Å²) >= 11 is 0. The number of hydrogen-bond acceptors (Lipinski definition) is 3. The molecule has 0 aliphatic rings. The molecule has 0 unspecified atom stereocenters. The highest BCUT2D eigenvalue weighted by atomic mass is 19.1. The quantitative estimate of drug-likeness (QED) is 0.346. The van der Waals surface area contributed by atoms with Gasteiger partial charge in [-0.05, 0) is 41.8 Å². The molecule has 0 saturated heterocycles. The van der Waals surface area contributed by atoms with Crippen molar-refractivity contribution in [3.63, 3.8) is 0 Å². The number of aryl methyl sites for hydroxylation is 1. The molecule has 0 radical (unpaired) electrons. The van der Waals surface area contributed by atoms with E-state index in [0.29, 0.717) is 23.2 Å². The smallest absolute Gasteiger partial charge is 0.340 e. The summed E-state index contributed by atoms with van der Waals surface area (Å²) in [6, 6.07) is 19.9. The van der Waals surface area contributed by atoms with Crippen molar-refractivity contribution in [2.45, 2.75) is 13.3 Å². The maximum atomic E-state index is 13.3. The van der Waals surface area contributed by atoms with E-state index in [1.54, 1.807) is 24.5 Å². The lowest BCUT2D eigenvalue weighted by Crippen LogP contribution is -2.10. The fraction of sp³-hybridized carbons (Fsp3) is 0.0800. The van der Waals surface area contributed by atoms with Gasteiger partial charge in [-0.2, -0.15) is 0 Å². The molecule has 0 amide bonds. The standard InChI is InChI=1S/C25H17FO3/c1-15-19-12-21-22(17-7-9-18(26)10-8-17)14-28-23(21)13-24(19)29-25(27)20(15)11-16-5-3-2-4-6-16/h2-10,12-14H,11H2,1H3. The predicted octanol–water partition coefficient (Wildman–Crippen LogP) is 6.24. The van der Waals surface area contributed by atoms with E-state index in [9.17, 15) is 9.18 Å². The van der Waals surface area contributed by atoms with Gasteiger partial charge in [0.2, 0.25) is 0 Å². The highest BCUT2D eigenvalue weighted by Crippen LogP contribution is 2.34. The van der Waals surface area contributed by atoms with Crippen LogP contribution in [0.15, 0.2) is 86.6 Å². The molecule has 3 nitrogen and oxygen atoms in total. The van der Waals surface area contributed by atoms with Crippen molar-refractivity contribution in [1.29, 1.82) is 0 Å². The highest BCUT2D eigenvalue weighted by Gasteiger charge is 2.16. The number of fused-ring (bicyclic) bond motifs is 2. The average Bonchev–Trinajstić information content (AvgIpc) is 3.14. The molecule has 142 valence electrons. The minimum Gasteiger partial charge on any atom is -0.464 e. The Bertz CT molecular complexity index is 1390. The van der Waals surface area contributed by atoms with Crippen LogP contribution >= 0.6 is 0 Å². The molecule has 5 aromatic rings. The van der Waals surface area contributed by atoms with Crippen LogP contribution in [-0.4, -0.2) is 0 Å². The Kier molecular flexibility index (Phi) is 4.06. The number of furan rings is 1. The second kappa shape index (κ2) is 6.74. The first-order chi connectivity index (χ1) is 14.1. The third kappa shape index (κ3) is 3.03. The lowest BCUT2D eigenvalue weighted by Gasteiger charge is -2.08.